The lowest BCUT2D eigenvalue weighted by Crippen LogP contribution is -1.98. The van der Waals surface area contributed by atoms with Crippen LogP contribution in [0.15, 0.2) is 12.1 Å². The fraction of sp³-hybridized carbons (Fsp3) is 0.364. The molecule has 0 heterocycles. The molecule has 13 heavy (non-hydrogen) atoms. The van der Waals surface area contributed by atoms with Gasteiger partial charge in [-0.05, 0) is 49.4 Å². The van der Waals surface area contributed by atoms with Gasteiger partial charge in [-0.1, -0.05) is 0 Å². The molecule has 1 aromatic rings. The van der Waals surface area contributed by atoms with E-state index in [1.807, 2.05) is 0 Å². The van der Waals surface area contributed by atoms with Crippen LogP contribution in [0.2, 0.25) is 0 Å². The minimum atomic E-state index is 0.0955. The third-order valence-electron chi connectivity index (χ3n) is 2.64. The van der Waals surface area contributed by atoms with Crippen LogP contribution in [-0.2, 0) is 12.8 Å². The summed E-state index contributed by atoms with van der Waals surface area (Å²) < 4.78 is 0. The molecule has 1 aliphatic rings. The van der Waals surface area contributed by atoms with Crippen LogP contribution in [0, 0.1) is 0 Å². The smallest absolute Gasteiger partial charge is 0.160 e. The molecule has 0 saturated heterocycles. The number of phenols is 1. The summed E-state index contributed by atoms with van der Waals surface area (Å²) in [6.07, 6.45) is 2.88. The largest absolute Gasteiger partial charge is 0.508 e. The van der Waals surface area contributed by atoms with E-state index >= 15 is 0 Å². The van der Waals surface area contributed by atoms with Crippen molar-refractivity contribution in [2.24, 2.45) is 0 Å². The Balaban J connectivity index is 2.62. The number of carbonyl (C=O) groups excluding carboxylic acids is 1. The van der Waals surface area contributed by atoms with E-state index in [1.54, 1.807) is 19.1 Å². The molecule has 68 valence electrons. The number of benzene rings is 1. The minimum Gasteiger partial charge on any atom is -0.508 e. The molecule has 2 rings (SSSR count). The zero-order chi connectivity index (χ0) is 9.42. The zero-order valence-corrected chi connectivity index (χ0v) is 7.63. The SMILES string of the molecule is CC(=O)c1ccc(O)c2c1CCC2. The maximum absolute atomic E-state index is 11.2. The summed E-state index contributed by atoms with van der Waals surface area (Å²) in [5.41, 5.74) is 2.82. The molecular weight excluding hydrogens is 164 g/mol. The van der Waals surface area contributed by atoms with E-state index in [-0.39, 0.29) is 5.78 Å². The second-order valence-electron chi connectivity index (χ2n) is 3.50. The van der Waals surface area contributed by atoms with Gasteiger partial charge in [-0.25, -0.2) is 0 Å². The van der Waals surface area contributed by atoms with E-state index in [9.17, 15) is 9.90 Å². The first-order valence-electron chi connectivity index (χ1n) is 4.55. The van der Waals surface area contributed by atoms with Crippen LogP contribution < -0.4 is 0 Å². The molecule has 0 atom stereocenters. The fourth-order valence-corrected chi connectivity index (χ4v) is 2.02. The number of fused-ring (bicyclic) bond motifs is 1. The van der Waals surface area contributed by atoms with Crippen LogP contribution in [0.5, 0.6) is 5.75 Å². The molecule has 1 aliphatic carbocycles. The molecule has 0 fully saturated rings. The van der Waals surface area contributed by atoms with Gasteiger partial charge in [0.05, 0.1) is 0 Å². The molecule has 0 bridgehead atoms. The van der Waals surface area contributed by atoms with Crippen molar-refractivity contribution < 1.29 is 9.90 Å². The molecule has 0 aliphatic heterocycles. The van der Waals surface area contributed by atoms with Crippen LogP contribution >= 0.6 is 0 Å². The number of rotatable bonds is 1. The topological polar surface area (TPSA) is 37.3 Å². The van der Waals surface area contributed by atoms with E-state index in [1.165, 1.54) is 0 Å². The van der Waals surface area contributed by atoms with E-state index in [0.717, 1.165) is 36.0 Å². The van der Waals surface area contributed by atoms with Crippen LogP contribution in [0.4, 0.5) is 0 Å². The van der Waals surface area contributed by atoms with Gasteiger partial charge in [0.1, 0.15) is 5.75 Å². The van der Waals surface area contributed by atoms with Crippen molar-refractivity contribution in [1.82, 2.24) is 0 Å². The van der Waals surface area contributed by atoms with Crippen molar-refractivity contribution in [2.75, 3.05) is 0 Å². The summed E-state index contributed by atoms with van der Waals surface area (Å²) in [6, 6.07) is 3.35. The maximum Gasteiger partial charge on any atom is 0.160 e. The highest BCUT2D eigenvalue weighted by molar-refractivity contribution is 5.96. The summed E-state index contributed by atoms with van der Waals surface area (Å²) in [4.78, 5) is 11.2. The molecule has 2 heteroatoms. The lowest BCUT2D eigenvalue weighted by atomic mass is 10.00. The summed E-state index contributed by atoms with van der Waals surface area (Å²) >= 11 is 0. The third-order valence-corrected chi connectivity index (χ3v) is 2.64. The number of Topliss-reactive ketones (excluding diaryl/α,β-unsaturated/α-hetero) is 1. The second-order valence-corrected chi connectivity index (χ2v) is 3.50. The van der Waals surface area contributed by atoms with Gasteiger partial charge in [0.15, 0.2) is 5.78 Å². The molecular formula is C11H12O2. The molecule has 0 saturated carbocycles. The van der Waals surface area contributed by atoms with E-state index in [0.29, 0.717) is 5.75 Å². The van der Waals surface area contributed by atoms with Crippen LogP contribution in [0.25, 0.3) is 0 Å². The molecule has 2 nitrogen and oxygen atoms in total. The lowest BCUT2D eigenvalue weighted by molar-refractivity contribution is 0.101. The Morgan fingerprint density at radius 3 is 2.69 bits per heavy atom. The molecule has 0 radical (unpaired) electrons. The van der Waals surface area contributed by atoms with Crippen molar-refractivity contribution in [3.8, 4) is 5.75 Å². The lowest BCUT2D eigenvalue weighted by Gasteiger charge is -2.06. The predicted molar refractivity (Wildman–Crippen MR) is 50.1 cm³/mol. The second kappa shape index (κ2) is 2.87. The Bertz CT molecular complexity index is 367. The van der Waals surface area contributed by atoms with Gasteiger partial charge in [-0.3, -0.25) is 4.79 Å². The van der Waals surface area contributed by atoms with Gasteiger partial charge in [0.25, 0.3) is 0 Å². The van der Waals surface area contributed by atoms with Crippen molar-refractivity contribution in [1.29, 1.82) is 0 Å². The average Bonchev–Trinajstić information content (AvgIpc) is 2.53. The highest BCUT2D eigenvalue weighted by Gasteiger charge is 2.19. The number of hydrogen-bond acceptors (Lipinski definition) is 2. The summed E-state index contributed by atoms with van der Waals surface area (Å²) in [6.45, 7) is 1.57. The van der Waals surface area contributed by atoms with Crippen LogP contribution in [0.3, 0.4) is 0 Å². The summed E-state index contributed by atoms with van der Waals surface area (Å²) in [5.74, 6) is 0.440. The fourth-order valence-electron chi connectivity index (χ4n) is 2.02. The first kappa shape index (κ1) is 8.30. The highest BCUT2D eigenvalue weighted by atomic mass is 16.3. The number of phenolic OH excluding ortho intramolecular Hbond substituents is 1. The van der Waals surface area contributed by atoms with Gasteiger partial charge in [-0.2, -0.15) is 0 Å². The van der Waals surface area contributed by atoms with Crippen LogP contribution in [0.1, 0.15) is 34.8 Å². The normalized spacial score (nSPS) is 14.2. The Morgan fingerprint density at radius 2 is 2.00 bits per heavy atom. The summed E-state index contributed by atoms with van der Waals surface area (Å²) in [5, 5.41) is 9.53. The van der Waals surface area contributed by atoms with Gasteiger partial charge >= 0.3 is 0 Å². The van der Waals surface area contributed by atoms with Crippen molar-refractivity contribution >= 4 is 5.78 Å². The minimum absolute atomic E-state index is 0.0955. The maximum atomic E-state index is 11.2. The molecule has 0 aromatic heterocycles. The summed E-state index contributed by atoms with van der Waals surface area (Å²) in [7, 11) is 0. The third kappa shape index (κ3) is 1.22. The molecule has 1 aromatic carbocycles. The van der Waals surface area contributed by atoms with E-state index in [4.69, 9.17) is 0 Å². The van der Waals surface area contributed by atoms with Crippen molar-refractivity contribution in [3.05, 3.63) is 28.8 Å². The van der Waals surface area contributed by atoms with Crippen LogP contribution in [-0.4, -0.2) is 10.9 Å². The molecule has 0 spiro atoms. The standard InChI is InChI=1S/C11H12O2/c1-7(12)8-5-6-11(13)10-4-2-3-9(8)10/h5-6,13H,2-4H2,1H3. The zero-order valence-electron chi connectivity index (χ0n) is 7.63. The van der Waals surface area contributed by atoms with E-state index in [2.05, 4.69) is 0 Å². The Labute approximate surface area is 77.2 Å². The van der Waals surface area contributed by atoms with Gasteiger partial charge in [0, 0.05) is 5.56 Å². The monoisotopic (exact) mass is 176 g/mol. The average molecular weight is 176 g/mol. The molecule has 0 amide bonds. The number of hydrogen-bond donors (Lipinski definition) is 1. The van der Waals surface area contributed by atoms with Gasteiger partial charge < -0.3 is 5.11 Å². The Morgan fingerprint density at radius 1 is 1.31 bits per heavy atom. The number of ketones is 1. The van der Waals surface area contributed by atoms with Crippen molar-refractivity contribution in [3.63, 3.8) is 0 Å². The van der Waals surface area contributed by atoms with Gasteiger partial charge in [-0.15, -0.1) is 0 Å². The first-order chi connectivity index (χ1) is 6.20. The number of carbonyl (C=O) groups is 1. The number of aromatic hydroxyl groups is 1. The highest BCUT2D eigenvalue weighted by Crippen LogP contribution is 2.32. The Hall–Kier alpha value is -1.31. The van der Waals surface area contributed by atoms with Crippen molar-refractivity contribution in [2.45, 2.75) is 26.2 Å². The Kier molecular flexibility index (Phi) is 1.83. The predicted octanol–water partition coefficient (Wildman–Crippen LogP) is 2.08. The molecule has 1 N–H and O–H groups in total. The van der Waals surface area contributed by atoms with E-state index < -0.39 is 0 Å². The van der Waals surface area contributed by atoms with Gasteiger partial charge in [0.2, 0.25) is 0 Å². The quantitative estimate of drug-likeness (QED) is 0.665. The first-order valence-corrected chi connectivity index (χ1v) is 4.55. The molecule has 0 unspecified atom stereocenters.